The zero-order chi connectivity index (χ0) is 4.00. The summed E-state index contributed by atoms with van der Waals surface area (Å²) in [4.78, 5) is 0. The molecule has 0 saturated carbocycles. The van der Waals surface area contributed by atoms with Crippen molar-refractivity contribution >= 4 is 0 Å². The van der Waals surface area contributed by atoms with Gasteiger partial charge in [-0.3, -0.25) is 0 Å². The first-order valence-electron chi connectivity index (χ1n) is 0.408. The predicted molar refractivity (Wildman–Crippen MR) is 11.5 cm³/mol. The van der Waals surface area contributed by atoms with Crippen molar-refractivity contribution in [3.8, 4) is 0 Å². The van der Waals surface area contributed by atoms with Gasteiger partial charge in [0.1, 0.15) is 0 Å². The molecule has 0 saturated heterocycles. The third-order valence-electron chi connectivity index (χ3n) is 0. The molecular formula is C2H2O3Ru+2. The molecule has 0 spiro atoms. The Balaban J connectivity index is -0.00000000500. The van der Waals surface area contributed by atoms with E-state index in [0.717, 1.165) is 0 Å². The normalized spacial score (nSPS) is 0.667. The molecule has 0 aliphatic carbocycles. The molecule has 0 bridgehead atoms. The molecule has 6 heavy (non-hydrogen) atoms. The van der Waals surface area contributed by atoms with Crippen molar-refractivity contribution in [2.24, 2.45) is 0 Å². The molecule has 34 valence electrons. The van der Waals surface area contributed by atoms with Crippen LogP contribution in [0.5, 0.6) is 0 Å². The predicted octanol–water partition coefficient (Wildman–Crippen LogP) is -0.902. The van der Waals surface area contributed by atoms with Crippen LogP contribution in [0.15, 0.2) is 0 Å². The zero-order valence-electron chi connectivity index (χ0n) is 2.67. The van der Waals surface area contributed by atoms with Crippen molar-refractivity contribution in [3.05, 3.63) is 13.3 Å². The first-order valence-corrected chi connectivity index (χ1v) is 0.408. The fourth-order valence-electron chi connectivity index (χ4n) is 0. The van der Waals surface area contributed by atoms with Gasteiger partial charge in [0.2, 0.25) is 0 Å². The summed E-state index contributed by atoms with van der Waals surface area (Å²) < 4.78 is 15.0. The standard InChI is InChI=1S/2CO.H2O.Ru/c2*1-2;;/h;;1H2;/q;;;+2. The van der Waals surface area contributed by atoms with Gasteiger partial charge < -0.3 is 5.48 Å². The number of rotatable bonds is 0. The molecule has 0 radical (unpaired) electrons. The van der Waals surface area contributed by atoms with Gasteiger partial charge in [-0.15, -0.1) is 0 Å². The third-order valence-corrected chi connectivity index (χ3v) is 0. The molecule has 0 unspecified atom stereocenters. The van der Waals surface area contributed by atoms with Gasteiger partial charge in [0, 0.05) is 0 Å². The van der Waals surface area contributed by atoms with Crippen LogP contribution >= 0.6 is 0 Å². The van der Waals surface area contributed by atoms with Gasteiger partial charge in [0.05, 0.1) is 0 Å². The van der Waals surface area contributed by atoms with Crippen molar-refractivity contribution < 1.29 is 34.3 Å². The van der Waals surface area contributed by atoms with E-state index in [1.165, 1.54) is 0 Å². The van der Waals surface area contributed by atoms with Gasteiger partial charge in [-0.05, 0) is 0 Å². The van der Waals surface area contributed by atoms with Crippen LogP contribution in [0, 0.1) is 13.3 Å². The summed E-state index contributed by atoms with van der Waals surface area (Å²) in [7, 11) is 0. The molecule has 0 aliphatic heterocycles. The van der Waals surface area contributed by atoms with E-state index in [1.807, 2.05) is 0 Å². The molecule has 0 rings (SSSR count). The van der Waals surface area contributed by atoms with Crippen molar-refractivity contribution in [2.75, 3.05) is 0 Å². The Bertz CT molecular complexity index is 24.3. The molecular weight excluding hydrogens is 173 g/mol. The molecule has 0 aromatic carbocycles. The Morgan fingerprint density at radius 2 is 0.833 bits per heavy atom. The molecule has 0 amide bonds. The average Bonchev–Trinajstić information content (AvgIpc) is 1.50. The Labute approximate surface area is 48.2 Å². The molecule has 0 aliphatic rings. The second-order valence-electron chi connectivity index (χ2n) is 0. The average molecular weight is 175 g/mol. The summed E-state index contributed by atoms with van der Waals surface area (Å²) in [6.07, 6.45) is 0. The number of hydrogen-bond acceptors (Lipinski definition) is 0. The fraction of sp³-hybridized carbons (Fsp3) is 0. The molecule has 3 nitrogen and oxygen atoms in total. The second kappa shape index (κ2) is 20800. The van der Waals surface area contributed by atoms with Crippen molar-refractivity contribution in [1.29, 1.82) is 0 Å². The molecule has 0 aromatic heterocycles. The summed E-state index contributed by atoms with van der Waals surface area (Å²) in [5, 5.41) is 0. The summed E-state index contributed by atoms with van der Waals surface area (Å²) >= 11 is 0. The minimum Gasteiger partial charge on any atom is 2.00 e. The SMILES string of the molecule is O.[C-]#[O+].[C-]#[O+].[Ru+2]. The summed E-state index contributed by atoms with van der Waals surface area (Å²) in [6, 6.07) is 0. The minimum atomic E-state index is 0. The van der Waals surface area contributed by atoms with E-state index in [1.54, 1.807) is 0 Å². The van der Waals surface area contributed by atoms with Crippen LogP contribution in [0.25, 0.3) is 0 Å². The van der Waals surface area contributed by atoms with E-state index in [0.29, 0.717) is 0 Å². The molecule has 0 atom stereocenters. The van der Waals surface area contributed by atoms with Crippen LogP contribution < -0.4 is 0 Å². The quantitative estimate of drug-likeness (QED) is 0.260. The van der Waals surface area contributed by atoms with Gasteiger partial charge in [0.15, 0.2) is 0 Å². The third kappa shape index (κ3) is 9490. The van der Waals surface area contributed by atoms with E-state index in [2.05, 4.69) is 13.3 Å². The van der Waals surface area contributed by atoms with Crippen LogP contribution in [0.3, 0.4) is 0 Å². The Morgan fingerprint density at radius 1 is 0.833 bits per heavy atom. The topological polar surface area (TPSA) is 71.3 Å². The summed E-state index contributed by atoms with van der Waals surface area (Å²) in [5.41, 5.74) is 0. The van der Waals surface area contributed by atoms with Gasteiger partial charge in [0.25, 0.3) is 0 Å². The van der Waals surface area contributed by atoms with Crippen molar-refractivity contribution in [2.45, 2.75) is 0 Å². The van der Waals surface area contributed by atoms with Gasteiger partial charge >= 0.3 is 42.1 Å². The summed E-state index contributed by atoms with van der Waals surface area (Å²) in [6.45, 7) is 9.00. The van der Waals surface area contributed by atoms with Crippen LogP contribution in [0.1, 0.15) is 0 Å². The maximum absolute atomic E-state index is 7.50. The van der Waals surface area contributed by atoms with Gasteiger partial charge in [-0.25, -0.2) is 0 Å². The Morgan fingerprint density at radius 3 is 0.833 bits per heavy atom. The fourth-order valence-corrected chi connectivity index (χ4v) is 0. The first-order chi connectivity index (χ1) is 2.00. The van der Waals surface area contributed by atoms with E-state index in [9.17, 15) is 0 Å². The van der Waals surface area contributed by atoms with Gasteiger partial charge in [-0.2, -0.15) is 0 Å². The van der Waals surface area contributed by atoms with E-state index in [-0.39, 0.29) is 25.0 Å². The first kappa shape index (κ1) is 36.5. The maximum Gasteiger partial charge on any atom is 2.00 e. The molecule has 4 heteroatoms. The van der Waals surface area contributed by atoms with Crippen molar-refractivity contribution in [1.82, 2.24) is 0 Å². The Kier molecular flexibility index (Phi) is 127000. The van der Waals surface area contributed by atoms with E-state index < -0.39 is 0 Å². The van der Waals surface area contributed by atoms with Crippen molar-refractivity contribution in [3.63, 3.8) is 0 Å². The zero-order valence-corrected chi connectivity index (χ0v) is 4.41. The van der Waals surface area contributed by atoms with E-state index >= 15 is 0 Å². The molecule has 0 fully saturated rings. The van der Waals surface area contributed by atoms with E-state index in [4.69, 9.17) is 9.30 Å². The monoisotopic (exact) mass is 176 g/mol. The molecule has 0 heterocycles. The smallest absolute Gasteiger partial charge is 2.00 e. The minimum absolute atomic E-state index is 0. The van der Waals surface area contributed by atoms with Gasteiger partial charge in [-0.1, -0.05) is 0 Å². The van der Waals surface area contributed by atoms with Crippen LogP contribution in [-0.2, 0) is 28.8 Å². The van der Waals surface area contributed by atoms with Crippen LogP contribution in [-0.4, -0.2) is 5.48 Å². The summed E-state index contributed by atoms with van der Waals surface area (Å²) in [5.74, 6) is 0. The largest absolute Gasteiger partial charge is 2.00 e. The van der Waals surface area contributed by atoms with Crippen LogP contribution in [0.2, 0.25) is 0 Å². The Hall–Kier alpha value is 0.0634. The number of hydrogen-bond donors (Lipinski definition) is 0. The second-order valence-corrected chi connectivity index (χ2v) is 0. The van der Waals surface area contributed by atoms with Crippen LogP contribution in [0.4, 0.5) is 0 Å². The maximum atomic E-state index is 7.50. The molecule has 2 N–H and O–H groups in total. The molecule has 0 aromatic rings.